The molecular weight excluding hydrogens is 341 g/mol. The van der Waals surface area contributed by atoms with E-state index in [1.807, 2.05) is 18.3 Å². The fourth-order valence-corrected chi connectivity index (χ4v) is 3.88. The Kier molecular flexibility index (Phi) is 5.32. The first-order valence-electron chi connectivity index (χ1n) is 9.40. The maximum absolute atomic E-state index is 13.2. The highest BCUT2D eigenvalue weighted by Gasteiger charge is 2.24. The van der Waals surface area contributed by atoms with Crippen molar-refractivity contribution in [1.82, 2.24) is 15.1 Å². The molecule has 0 spiro atoms. The average molecular weight is 365 g/mol. The van der Waals surface area contributed by atoms with Crippen molar-refractivity contribution >= 4 is 0 Å². The third kappa shape index (κ3) is 4.26. The number of aromatic amines is 1. The van der Waals surface area contributed by atoms with Gasteiger partial charge >= 0.3 is 0 Å². The number of benzene rings is 2. The van der Waals surface area contributed by atoms with Gasteiger partial charge in [-0.2, -0.15) is 5.10 Å². The molecule has 1 aromatic heterocycles. The number of aromatic nitrogens is 2. The van der Waals surface area contributed by atoms with E-state index in [1.54, 1.807) is 12.1 Å². The van der Waals surface area contributed by atoms with Gasteiger partial charge in [-0.05, 0) is 60.7 Å². The number of likely N-dealkylation sites (tertiary alicyclic amines) is 1. The zero-order valence-electron chi connectivity index (χ0n) is 15.2. The van der Waals surface area contributed by atoms with Gasteiger partial charge in [-0.25, -0.2) is 4.39 Å². The van der Waals surface area contributed by atoms with Gasteiger partial charge in [-0.1, -0.05) is 24.3 Å². The van der Waals surface area contributed by atoms with Gasteiger partial charge in [0.2, 0.25) is 0 Å². The molecule has 1 saturated heterocycles. The van der Waals surface area contributed by atoms with E-state index >= 15 is 0 Å². The summed E-state index contributed by atoms with van der Waals surface area (Å²) >= 11 is 0. The van der Waals surface area contributed by atoms with Crippen LogP contribution in [0.1, 0.15) is 23.1 Å². The van der Waals surface area contributed by atoms with Gasteiger partial charge in [0, 0.05) is 24.2 Å². The predicted octanol–water partition coefficient (Wildman–Crippen LogP) is 3.77. The summed E-state index contributed by atoms with van der Waals surface area (Å²) in [5.74, 6) is 0.417. The van der Waals surface area contributed by atoms with Crippen LogP contribution < -0.4 is 0 Å². The first-order valence-corrected chi connectivity index (χ1v) is 9.40. The van der Waals surface area contributed by atoms with Crippen LogP contribution in [-0.2, 0) is 19.6 Å². The minimum atomic E-state index is -0.228. The maximum atomic E-state index is 13.2. The van der Waals surface area contributed by atoms with Crippen LogP contribution in [0.2, 0.25) is 0 Å². The van der Waals surface area contributed by atoms with E-state index in [9.17, 15) is 4.39 Å². The molecule has 0 unspecified atom stereocenters. The Bertz CT molecular complexity index is 873. The number of aliphatic hydroxyl groups is 1. The monoisotopic (exact) mass is 365 g/mol. The second kappa shape index (κ2) is 8.03. The third-order valence-electron chi connectivity index (χ3n) is 5.34. The molecule has 27 heavy (non-hydrogen) atoms. The number of H-pyrrole nitrogens is 1. The summed E-state index contributed by atoms with van der Waals surface area (Å²) in [6.45, 7) is 3.09. The van der Waals surface area contributed by atoms with Crippen LogP contribution >= 0.6 is 0 Å². The van der Waals surface area contributed by atoms with Gasteiger partial charge < -0.3 is 5.11 Å². The van der Waals surface area contributed by atoms with Crippen molar-refractivity contribution in [3.05, 3.63) is 77.2 Å². The van der Waals surface area contributed by atoms with Crippen molar-refractivity contribution in [1.29, 1.82) is 0 Å². The van der Waals surface area contributed by atoms with Gasteiger partial charge in [0.25, 0.3) is 0 Å². The number of nitrogens with one attached hydrogen (secondary N) is 1. The van der Waals surface area contributed by atoms with E-state index < -0.39 is 0 Å². The molecule has 5 heteroatoms. The van der Waals surface area contributed by atoms with Crippen molar-refractivity contribution in [3.63, 3.8) is 0 Å². The van der Waals surface area contributed by atoms with E-state index in [4.69, 9.17) is 5.11 Å². The van der Waals surface area contributed by atoms with Gasteiger partial charge in [0.05, 0.1) is 18.5 Å². The Morgan fingerprint density at radius 3 is 2.56 bits per heavy atom. The summed E-state index contributed by atoms with van der Waals surface area (Å²) in [5, 5.41) is 16.4. The van der Waals surface area contributed by atoms with Gasteiger partial charge in [-0.3, -0.25) is 10.00 Å². The van der Waals surface area contributed by atoms with Crippen LogP contribution in [0.25, 0.3) is 11.3 Å². The quantitative estimate of drug-likeness (QED) is 0.699. The van der Waals surface area contributed by atoms with Crippen LogP contribution in [0.3, 0.4) is 0 Å². The molecular formula is C22H24FN3O. The minimum Gasteiger partial charge on any atom is -0.392 e. The van der Waals surface area contributed by atoms with Crippen molar-refractivity contribution in [2.75, 3.05) is 13.1 Å². The van der Waals surface area contributed by atoms with Gasteiger partial charge in [-0.15, -0.1) is 0 Å². The highest BCUT2D eigenvalue weighted by molar-refractivity contribution is 5.62. The lowest BCUT2D eigenvalue weighted by atomic mass is 9.98. The maximum Gasteiger partial charge on any atom is 0.123 e. The number of hydrogen-bond donors (Lipinski definition) is 2. The predicted molar refractivity (Wildman–Crippen MR) is 103 cm³/mol. The molecule has 1 aliphatic heterocycles. The minimum absolute atomic E-state index is 0.0958. The Hall–Kier alpha value is -2.50. The normalized spacial score (nSPS) is 17.5. The summed E-state index contributed by atoms with van der Waals surface area (Å²) in [5.41, 5.74) is 5.37. The fraction of sp³-hybridized carbons (Fsp3) is 0.318. The summed E-state index contributed by atoms with van der Waals surface area (Å²) in [7, 11) is 0. The highest BCUT2D eigenvalue weighted by Crippen LogP contribution is 2.26. The standard InChI is InChI=1S/C22H24FN3O/c23-21-7-5-19(6-8-21)22-20(12-24-25-22)14-26-10-9-18(13-26)11-16-1-3-17(15-27)4-2-16/h1-8,12,18,27H,9-11,13-15H2,(H,24,25)/t18-/m0/s1. The van der Waals surface area contributed by atoms with Crippen LogP contribution in [0.5, 0.6) is 0 Å². The summed E-state index contributed by atoms with van der Waals surface area (Å²) in [6.07, 6.45) is 4.13. The lowest BCUT2D eigenvalue weighted by molar-refractivity contribution is 0.282. The SMILES string of the molecule is OCc1ccc(C[C@@H]2CCN(Cc3cn[nH]c3-c3ccc(F)cc3)C2)cc1. The molecule has 1 atom stereocenters. The zero-order chi connectivity index (χ0) is 18.6. The molecule has 0 bridgehead atoms. The molecule has 4 rings (SSSR count). The number of aliphatic hydroxyl groups excluding tert-OH is 1. The zero-order valence-corrected chi connectivity index (χ0v) is 15.2. The van der Waals surface area contributed by atoms with E-state index in [-0.39, 0.29) is 12.4 Å². The fourth-order valence-electron chi connectivity index (χ4n) is 3.88. The third-order valence-corrected chi connectivity index (χ3v) is 5.34. The lowest BCUT2D eigenvalue weighted by Crippen LogP contribution is -2.20. The molecule has 1 fully saturated rings. The van der Waals surface area contributed by atoms with Gasteiger partial charge in [0.1, 0.15) is 5.82 Å². The second-order valence-electron chi connectivity index (χ2n) is 7.35. The topological polar surface area (TPSA) is 52.1 Å². The van der Waals surface area contributed by atoms with Crippen molar-refractivity contribution in [3.8, 4) is 11.3 Å². The van der Waals surface area contributed by atoms with E-state index in [2.05, 4.69) is 27.2 Å². The molecule has 140 valence electrons. The van der Waals surface area contributed by atoms with Crippen LogP contribution in [0.15, 0.2) is 54.7 Å². The first kappa shape index (κ1) is 17.9. The number of hydrogen-bond acceptors (Lipinski definition) is 3. The molecule has 2 N–H and O–H groups in total. The Balaban J connectivity index is 1.37. The Morgan fingerprint density at radius 1 is 1.07 bits per heavy atom. The van der Waals surface area contributed by atoms with Crippen LogP contribution in [0, 0.1) is 11.7 Å². The Morgan fingerprint density at radius 2 is 1.81 bits per heavy atom. The first-order chi connectivity index (χ1) is 13.2. The second-order valence-corrected chi connectivity index (χ2v) is 7.35. The average Bonchev–Trinajstić information content (AvgIpc) is 3.33. The van der Waals surface area contributed by atoms with E-state index in [0.29, 0.717) is 5.92 Å². The van der Waals surface area contributed by atoms with Crippen molar-refractivity contribution in [2.45, 2.75) is 26.0 Å². The summed E-state index contributed by atoms with van der Waals surface area (Å²) < 4.78 is 13.2. The van der Waals surface area contributed by atoms with Gasteiger partial charge in [0.15, 0.2) is 0 Å². The summed E-state index contributed by atoms with van der Waals surface area (Å²) in [4.78, 5) is 2.46. The molecule has 3 aromatic rings. The molecule has 1 aliphatic rings. The van der Waals surface area contributed by atoms with Crippen molar-refractivity contribution in [2.24, 2.45) is 5.92 Å². The Labute approximate surface area is 158 Å². The number of halogens is 1. The molecule has 0 radical (unpaired) electrons. The number of nitrogens with zero attached hydrogens (tertiary/aromatic N) is 2. The largest absolute Gasteiger partial charge is 0.392 e. The molecule has 4 nitrogen and oxygen atoms in total. The molecule has 0 aliphatic carbocycles. The van der Waals surface area contributed by atoms with E-state index in [1.165, 1.54) is 24.1 Å². The van der Waals surface area contributed by atoms with Crippen LogP contribution in [0.4, 0.5) is 4.39 Å². The smallest absolute Gasteiger partial charge is 0.123 e. The molecule has 0 amide bonds. The summed E-state index contributed by atoms with van der Waals surface area (Å²) in [6, 6.07) is 14.8. The van der Waals surface area contributed by atoms with Crippen LogP contribution in [-0.4, -0.2) is 33.3 Å². The molecule has 0 saturated carbocycles. The van der Waals surface area contributed by atoms with Crippen molar-refractivity contribution < 1.29 is 9.50 Å². The molecule has 2 heterocycles. The lowest BCUT2D eigenvalue weighted by Gasteiger charge is -2.16. The highest BCUT2D eigenvalue weighted by atomic mass is 19.1. The number of rotatable bonds is 6. The van der Waals surface area contributed by atoms with E-state index in [0.717, 1.165) is 48.4 Å². The molecule has 2 aromatic carbocycles.